The molecule has 60 valence electrons. The van der Waals surface area contributed by atoms with Crippen LogP contribution in [-0.2, 0) is 0 Å². The first kappa shape index (κ1) is 8.35. The predicted molar refractivity (Wildman–Crippen MR) is 45.2 cm³/mol. The average molecular weight is 162 g/mol. The molecule has 2 N–H and O–H groups in total. The molecule has 10 heavy (non-hydrogen) atoms. The van der Waals surface area contributed by atoms with Gasteiger partial charge in [-0.2, -0.15) is 0 Å². The fourth-order valence-corrected chi connectivity index (χ4v) is 2.04. The normalized spacial score (nSPS) is 41.7. The first-order valence-electron chi connectivity index (χ1n) is 4.08. The molecule has 0 spiro atoms. The van der Waals surface area contributed by atoms with Gasteiger partial charge in [-0.1, -0.05) is 6.92 Å². The molecule has 0 aliphatic heterocycles. The molecule has 0 aromatic carbocycles. The van der Waals surface area contributed by atoms with Crippen molar-refractivity contribution in [2.75, 3.05) is 6.54 Å². The minimum absolute atomic E-state index is 0.348. The van der Waals surface area contributed by atoms with E-state index >= 15 is 0 Å². The Kier molecular flexibility index (Phi) is 2.99. The lowest BCUT2D eigenvalue weighted by Gasteiger charge is -2.29. The van der Waals surface area contributed by atoms with E-state index in [9.17, 15) is 0 Å². The number of rotatable bonds is 1. The second-order valence-electron chi connectivity index (χ2n) is 3.43. The second-order valence-corrected chi connectivity index (χ2v) is 3.99. The lowest BCUT2D eigenvalue weighted by Crippen LogP contribution is -2.30. The minimum atomic E-state index is 0.348. The molecule has 1 aliphatic carbocycles. The Labute approximate surface area is 67.9 Å². The third-order valence-corrected chi connectivity index (χ3v) is 3.03. The fourth-order valence-electron chi connectivity index (χ4n) is 1.71. The molecule has 0 heterocycles. The molecule has 0 bridgehead atoms. The van der Waals surface area contributed by atoms with Crippen molar-refractivity contribution in [1.29, 1.82) is 0 Å². The summed E-state index contributed by atoms with van der Waals surface area (Å²) in [5, 5.41) is 0.348. The standard InChI is InChI=1S/C8H16ClN/c1-6-2-3-8(9)7(4-6)5-10/h6-8H,2-5,10H2,1H3/t6-,7+,8?/m0/s1. The van der Waals surface area contributed by atoms with Gasteiger partial charge in [-0.3, -0.25) is 0 Å². The number of alkyl halides is 1. The zero-order chi connectivity index (χ0) is 7.56. The molecular formula is C8H16ClN. The van der Waals surface area contributed by atoms with Gasteiger partial charge in [0.15, 0.2) is 0 Å². The Morgan fingerprint density at radius 1 is 1.50 bits per heavy atom. The van der Waals surface area contributed by atoms with E-state index in [1.165, 1.54) is 12.8 Å². The van der Waals surface area contributed by atoms with Crippen molar-refractivity contribution in [2.45, 2.75) is 31.6 Å². The SMILES string of the molecule is C[C@H]1CCC(Cl)[C@@H](CN)C1. The van der Waals surface area contributed by atoms with E-state index in [4.69, 9.17) is 17.3 Å². The van der Waals surface area contributed by atoms with Crippen LogP contribution < -0.4 is 5.73 Å². The molecule has 0 amide bonds. The van der Waals surface area contributed by atoms with Crippen molar-refractivity contribution >= 4 is 11.6 Å². The Bertz CT molecular complexity index is 105. The van der Waals surface area contributed by atoms with Crippen LogP contribution in [0.1, 0.15) is 26.2 Å². The molecule has 0 radical (unpaired) electrons. The summed E-state index contributed by atoms with van der Waals surface area (Å²) in [5.41, 5.74) is 5.57. The Balaban J connectivity index is 2.38. The van der Waals surface area contributed by atoms with Gasteiger partial charge in [-0.15, -0.1) is 11.6 Å². The average Bonchev–Trinajstić information content (AvgIpc) is 1.94. The Hall–Kier alpha value is 0.250. The molecule has 1 aliphatic rings. The third kappa shape index (κ3) is 1.86. The van der Waals surface area contributed by atoms with Crippen LogP contribution >= 0.6 is 11.6 Å². The highest BCUT2D eigenvalue weighted by atomic mass is 35.5. The van der Waals surface area contributed by atoms with Gasteiger partial charge in [0.05, 0.1) is 0 Å². The van der Waals surface area contributed by atoms with Crippen LogP contribution in [0.3, 0.4) is 0 Å². The van der Waals surface area contributed by atoms with E-state index in [1.54, 1.807) is 0 Å². The summed E-state index contributed by atoms with van der Waals surface area (Å²) in [6.45, 7) is 3.05. The summed E-state index contributed by atoms with van der Waals surface area (Å²) >= 11 is 6.07. The van der Waals surface area contributed by atoms with Gasteiger partial charge >= 0.3 is 0 Å². The number of hydrogen-bond acceptors (Lipinski definition) is 1. The first-order valence-corrected chi connectivity index (χ1v) is 4.51. The van der Waals surface area contributed by atoms with Crippen LogP contribution in [0.2, 0.25) is 0 Å². The van der Waals surface area contributed by atoms with E-state index in [1.807, 2.05) is 0 Å². The summed E-state index contributed by atoms with van der Waals surface area (Å²) in [6, 6.07) is 0. The van der Waals surface area contributed by atoms with Crippen molar-refractivity contribution in [3.63, 3.8) is 0 Å². The topological polar surface area (TPSA) is 26.0 Å². The molecular weight excluding hydrogens is 146 g/mol. The van der Waals surface area contributed by atoms with Crippen molar-refractivity contribution < 1.29 is 0 Å². The van der Waals surface area contributed by atoms with Crippen molar-refractivity contribution in [1.82, 2.24) is 0 Å². The van der Waals surface area contributed by atoms with E-state index in [0.717, 1.165) is 18.9 Å². The van der Waals surface area contributed by atoms with Gasteiger partial charge in [0.1, 0.15) is 0 Å². The van der Waals surface area contributed by atoms with Crippen molar-refractivity contribution in [3.8, 4) is 0 Å². The van der Waals surface area contributed by atoms with Crippen LogP contribution in [-0.4, -0.2) is 11.9 Å². The summed E-state index contributed by atoms with van der Waals surface area (Å²) in [7, 11) is 0. The van der Waals surface area contributed by atoms with Gasteiger partial charge in [0.2, 0.25) is 0 Å². The van der Waals surface area contributed by atoms with E-state index in [-0.39, 0.29) is 0 Å². The lowest BCUT2D eigenvalue weighted by atomic mass is 9.82. The number of halogens is 1. The summed E-state index contributed by atoms with van der Waals surface area (Å²) < 4.78 is 0. The molecule has 0 aromatic heterocycles. The van der Waals surface area contributed by atoms with Gasteiger partial charge in [-0.25, -0.2) is 0 Å². The maximum Gasteiger partial charge on any atom is 0.0376 e. The first-order chi connectivity index (χ1) is 4.74. The summed E-state index contributed by atoms with van der Waals surface area (Å²) in [6.07, 6.45) is 3.67. The van der Waals surface area contributed by atoms with E-state index in [0.29, 0.717) is 11.3 Å². The van der Waals surface area contributed by atoms with Gasteiger partial charge in [-0.05, 0) is 37.6 Å². The molecule has 1 fully saturated rings. The molecule has 1 rings (SSSR count). The maximum absolute atomic E-state index is 6.07. The zero-order valence-electron chi connectivity index (χ0n) is 6.52. The largest absolute Gasteiger partial charge is 0.330 e. The summed E-state index contributed by atoms with van der Waals surface area (Å²) in [4.78, 5) is 0. The fraction of sp³-hybridized carbons (Fsp3) is 1.00. The predicted octanol–water partition coefficient (Wildman–Crippen LogP) is 1.99. The highest BCUT2D eigenvalue weighted by Gasteiger charge is 2.25. The monoisotopic (exact) mass is 161 g/mol. The minimum Gasteiger partial charge on any atom is -0.330 e. The summed E-state index contributed by atoms with van der Waals surface area (Å²) in [5.74, 6) is 1.41. The van der Waals surface area contributed by atoms with Crippen LogP contribution in [0.4, 0.5) is 0 Å². The number of nitrogens with two attached hydrogens (primary N) is 1. The van der Waals surface area contributed by atoms with Gasteiger partial charge < -0.3 is 5.73 Å². The van der Waals surface area contributed by atoms with Crippen LogP contribution in [0, 0.1) is 11.8 Å². The van der Waals surface area contributed by atoms with Gasteiger partial charge in [0.25, 0.3) is 0 Å². The highest BCUT2D eigenvalue weighted by molar-refractivity contribution is 6.20. The Morgan fingerprint density at radius 3 is 2.70 bits per heavy atom. The third-order valence-electron chi connectivity index (χ3n) is 2.45. The molecule has 1 saturated carbocycles. The highest BCUT2D eigenvalue weighted by Crippen LogP contribution is 2.31. The molecule has 0 saturated heterocycles. The molecule has 1 nitrogen and oxygen atoms in total. The molecule has 2 heteroatoms. The van der Waals surface area contributed by atoms with E-state index < -0.39 is 0 Å². The molecule has 3 atom stereocenters. The quantitative estimate of drug-likeness (QED) is 0.585. The van der Waals surface area contributed by atoms with E-state index in [2.05, 4.69) is 6.92 Å². The lowest BCUT2D eigenvalue weighted by molar-refractivity contribution is 0.294. The molecule has 1 unspecified atom stereocenters. The van der Waals surface area contributed by atoms with Crippen LogP contribution in [0.15, 0.2) is 0 Å². The van der Waals surface area contributed by atoms with Crippen molar-refractivity contribution in [2.24, 2.45) is 17.6 Å². The number of hydrogen-bond donors (Lipinski definition) is 1. The smallest absolute Gasteiger partial charge is 0.0376 e. The second kappa shape index (κ2) is 3.59. The molecule has 0 aromatic rings. The van der Waals surface area contributed by atoms with Crippen LogP contribution in [0.5, 0.6) is 0 Å². The van der Waals surface area contributed by atoms with Crippen LogP contribution in [0.25, 0.3) is 0 Å². The van der Waals surface area contributed by atoms with Crippen molar-refractivity contribution in [3.05, 3.63) is 0 Å². The zero-order valence-corrected chi connectivity index (χ0v) is 7.27. The maximum atomic E-state index is 6.07. The van der Waals surface area contributed by atoms with Gasteiger partial charge in [0, 0.05) is 5.38 Å². The Morgan fingerprint density at radius 2 is 2.20 bits per heavy atom.